The van der Waals surface area contributed by atoms with Gasteiger partial charge < -0.3 is 9.90 Å². The van der Waals surface area contributed by atoms with Gasteiger partial charge in [0.25, 0.3) is 0 Å². The maximum absolute atomic E-state index is 11.5. The molecule has 2 N–H and O–H groups in total. The minimum atomic E-state index is -0.970. The Balaban J connectivity index is 2.07. The average molecular weight is 346 g/mol. The number of rotatable bonds is 9. The quantitative estimate of drug-likeness (QED) is 0.682. The summed E-state index contributed by atoms with van der Waals surface area (Å²) in [6, 6.07) is 8.48. The lowest BCUT2D eigenvalue weighted by atomic mass is 10.0. The molecule has 2 rings (SSSR count). The molecule has 0 spiro atoms. The van der Waals surface area contributed by atoms with Crippen molar-refractivity contribution in [2.24, 2.45) is 5.92 Å². The summed E-state index contributed by atoms with van der Waals surface area (Å²) < 4.78 is 0. The molecule has 0 aliphatic heterocycles. The minimum Gasteiger partial charge on any atom is -0.480 e. The molecule has 6 heteroatoms. The largest absolute Gasteiger partial charge is 0.480 e. The number of aromatic nitrogens is 1. The molecule has 128 valence electrons. The molecular formula is C18H22N2O3S. The number of nitrogens with zero attached hydrogens (tertiary/aromatic N) is 1. The van der Waals surface area contributed by atoms with E-state index in [9.17, 15) is 14.7 Å². The van der Waals surface area contributed by atoms with Crippen LogP contribution in [0.5, 0.6) is 0 Å². The minimum absolute atomic E-state index is 0.259. The van der Waals surface area contributed by atoms with Gasteiger partial charge in [0.1, 0.15) is 12.3 Å². The number of aldehydes is 1. The summed E-state index contributed by atoms with van der Waals surface area (Å²) in [6.45, 7) is 4.00. The zero-order chi connectivity index (χ0) is 17.5. The van der Waals surface area contributed by atoms with E-state index in [4.69, 9.17) is 0 Å². The summed E-state index contributed by atoms with van der Waals surface area (Å²) in [4.78, 5) is 27.2. The normalized spacial score (nSPS) is 13.6. The predicted molar refractivity (Wildman–Crippen MR) is 95.1 cm³/mol. The smallest absolute Gasteiger partial charge is 0.321 e. The Morgan fingerprint density at radius 2 is 2.04 bits per heavy atom. The average Bonchev–Trinajstić information content (AvgIpc) is 3.02. The maximum Gasteiger partial charge on any atom is 0.321 e. The number of carbonyl (C=O) groups is 2. The topological polar surface area (TPSA) is 79.3 Å². The van der Waals surface area contributed by atoms with Crippen LogP contribution in [0.3, 0.4) is 0 Å². The van der Waals surface area contributed by atoms with Crippen LogP contribution < -0.4 is 5.32 Å². The lowest BCUT2D eigenvalue weighted by molar-refractivity contribution is -0.139. The van der Waals surface area contributed by atoms with E-state index in [0.717, 1.165) is 22.6 Å². The fourth-order valence-electron chi connectivity index (χ4n) is 2.47. The second-order valence-electron chi connectivity index (χ2n) is 6.13. The third-order valence-corrected chi connectivity index (χ3v) is 4.47. The van der Waals surface area contributed by atoms with Crippen molar-refractivity contribution in [1.82, 2.24) is 10.3 Å². The van der Waals surface area contributed by atoms with Crippen LogP contribution >= 0.6 is 11.3 Å². The fraction of sp³-hybridized carbons (Fsp3) is 0.389. The molecule has 0 aliphatic carbocycles. The van der Waals surface area contributed by atoms with Crippen molar-refractivity contribution < 1.29 is 14.7 Å². The Morgan fingerprint density at radius 3 is 2.62 bits per heavy atom. The Morgan fingerprint density at radius 1 is 1.33 bits per heavy atom. The van der Waals surface area contributed by atoms with E-state index in [1.807, 2.05) is 49.6 Å². The molecule has 24 heavy (non-hydrogen) atoms. The fourth-order valence-corrected chi connectivity index (χ4v) is 3.32. The van der Waals surface area contributed by atoms with Crippen LogP contribution in [0.2, 0.25) is 0 Å². The Bertz CT molecular complexity index is 670. The second-order valence-corrected chi connectivity index (χ2v) is 7.07. The highest BCUT2D eigenvalue weighted by atomic mass is 32.1. The highest BCUT2D eigenvalue weighted by Gasteiger charge is 2.23. The zero-order valence-electron chi connectivity index (χ0n) is 13.8. The third-order valence-electron chi connectivity index (χ3n) is 3.60. The van der Waals surface area contributed by atoms with Crippen molar-refractivity contribution in [1.29, 1.82) is 0 Å². The molecule has 2 atom stereocenters. The number of aliphatic carboxylic acids is 1. The molecule has 5 nitrogen and oxygen atoms in total. The van der Waals surface area contributed by atoms with Gasteiger partial charge in [0.2, 0.25) is 0 Å². The molecule has 0 unspecified atom stereocenters. The van der Waals surface area contributed by atoms with E-state index in [0.29, 0.717) is 12.3 Å². The SMILES string of the molecule is CC(C)C[C@@H](C=O)N[C@@H](Cc1nc(-c2ccccc2)cs1)C(=O)O. The number of thiazole rings is 1. The van der Waals surface area contributed by atoms with Gasteiger partial charge in [-0.2, -0.15) is 0 Å². The molecule has 0 saturated carbocycles. The molecule has 0 amide bonds. The number of hydrogen-bond acceptors (Lipinski definition) is 5. The van der Waals surface area contributed by atoms with Crippen molar-refractivity contribution in [3.05, 3.63) is 40.7 Å². The summed E-state index contributed by atoms with van der Waals surface area (Å²) in [5, 5.41) is 15.0. The van der Waals surface area contributed by atoms with Crippen LogP contribution in [0.25, 0.3) is 11.3 Å². The number of hydrogen-bond donors (Lipinski definition) is 2. The molecule has 2 aromatic rings. The Labute approximate surface area is 145 Å². The van der Waals surface area contributed by atoms with Crippen molar-refractivity contribution in [3.8, 4) is 11.3 Å². The lowest BCUT2D eigenvalue weighted by Crippen LogP contribution is -2.46. The predicted octanol–water partition coefficient (Wildman–Crippen LogP) is 3.01. The molecule has 1 heterocycles. The van der Waals surface area contributed by atoms with Gasteiger partial charge in [-0.15, -0.1) is 11.3 Å². The number of nitrogens with one attached hydrogen (secondary N) is 1. The standard InChI is InChI=1S/C18H22N2O3S/c1-12(2)8-14(10-21)19-15(18(22)23)9-17-20-16(11-24-17)13-6-4-3-5-7-13/h3-7,10-12,14-15,19H,8-9H2,1-2H3,(H,22,23)/t14-,15-/m0/s1. The number of carbonyl (C=O) groups excluding carboxylic acids is 1. The van der Waals surface area contributed by atoms with Crippen LogP contribution in [0.15, 0.2) is 35.7 Å². The number of carboxylic acids is 1. The van der Waals surface area contributed by atoms with Gasteiger partial charge in [-0.25, -0.2) is 4.98 Å². The van der Waals surface area contributed by atoms with Crippen molar-refractivity contribution in [2.45, 2.75) is 38.8 Å². The van der Waals surface area contributed by atoms with Crippen molar-refractivity contribution in [2.75, 3.05) is 0 Å². The van der Waals surface area contributed by atoms with Crippen LogP contribution in [0.4, 0.5) is 0 Å². The second kappa shape index (κ2) is 8.70. The highest BCUT2D eigenvalue weighted by Crippen LogP contribution is 2.22. The van der Waals surface area contributed by atoms with Crippen molar-refractivity contribution in [3.63, 3.8) is 0 Å². The Kier molecular flexibility index (Phi) is 6.63. The van der Waals surface area contributed by atoms with E-state index in [2.05, 4.69) is 10.3 Å². The monoisotopic (exact) mass is 346 g/mol. The van der Waals surface area contributed by atoms with E-state index in [-0.39, 0.29) is 6.42 Å². The summed E-state index contributed by atoms with van der Waals surface area (Å²) in [7, 11) is 0. The van der Waals surface area contributed by atoms with Crippen LogP contribution in [0, 0.1) is 5.92 Å². The molecule has 0 saturated heterocycles. The first-order valence-corrected chi connectivity index (χ1v) is 8.81. The van der Waals surface area contributed by atoms with Gasteiger partial charge in [0.15, 0.2) is 0 Å². The van der Waals surface area contributed by atoms with E-state index in [1.165, 1.54) is 11.3 Å². The van der Waals surface area contributed by atoms with E-state index >= 15 is 0 Å². The third kappa shape index (κ3) is 5.25. The molecule has 1 aromatic carbocycles. The van der Waals surface area contributed by atoms with E-state index in [1.54, 1.807) is 0 Å². The van der Waals surface area contributed by atoms with Gasteiger partial charge in [-0.05, 0) is 12.3 Å². The van der Waals surface area contributed by atoms with Crippen LogP contribution in [0.1, 0.15) is 25.3 Å². The lowest BCUT2D eigenvalue weighted by Gasteiger charge is -2.19. The van der Waals surface area contributed by atoms with Crippen LogP contribution in [-0.4, -0.2) is 34.4 Å². The molecular weight excluding hydrogens is 324 g/mol. The first-order chi connectivity index (χ1) is 11.5. The first-order valence-electron chi connectivity index (χ1n) is 7.93. The van der Waals surface area contributed by atoms with Gasteiger partial charge in [-0.3, -0.25) is 10.1 Å². The zero-order valence-corrected chi connectivity index (χ0v) is 14.6. The van der Waals surface area contributed by atoms with Crippen LogP contribution in [-0.2, 0) is 16.0 Å². The van der Waals surface area contributed by atoms with Gasteiger partial charge >= 0.3 is 5.97 Å². The van der Waals surface area contributed by atoms with Gasteiger partial charge in [-0.1, -0.05) is 44.2 Å². The summed E-state index contributed by atoms with van der Waals surface area (Å²) in [5.41, 5.74) is 1.85. The molecule has 0 aliphatic rings. The summed E-state index contributed by atoms with van der Waals surface area (Å²) in [5.74, 6) is -0.659. The molecule has 0 radical (unpaired) electrons. The van der Waals surface area contributed by atoms with E-state index < -0.39 is 18.1 Å². The summed E-state index contributed by atoms with van der Waals surface area (Å²) >= 11 is 1.44. The first kappa shape index (κ1) is 18.3. The Hall–Kier alpha value is -2.05. The van der Waals surface area contributed by atoms with Gasteiger partial charge in [0, 0.05) is 17.4 Å². The number of benzene rings is 1. The number of carboxylic acid groups (broad SMARTS) is 1. The molecule has 0 bridgehead atoms. The summed E-state index contributed by atoms with van der Waals surface area (Å²) in [6.07, 6.45) is 1.66. The van der Waals surface area contributed by atoms with Gasteiger partial charge in [0.05, 0.1) is 16.7 Å². The molecule has 0 fully saturated rings. The maximum atomic E-state index is 11.5. The highest BCUT2D eigenvalue weighted by molar-refractivity contribution is 7.10. The van der Waals surface area contributed by atoms with Crippen molar-refractivity contribution >= 4 is 23.6 Å². The molecule has 1 aromatic heterocycles.